The molecule has 0 saturated carbocycles. The van der Waals surface area contributed by atoms with Gasteiger partial charge in [0.2, 0.25) is 0 Å². The van der Waals surface area contributed by atoms with Gasteiger partial charge in [0.05, 0.1) is 16.0 Å². The first-order valence-electron chi connectivity index (χ1n) is 5.34. The van der Waals surface area contributed by atoms with Crippen molar-refractivity contribution in [1.82, 2.24) is 0 Å². The number of halogens is 3. The number of hydrogen-bond acceptors (Lipinski definition) is 2. The zero-order chi connectivity index (χ0) is 13.3. The van der Waals surface area contributed by atoms with Gasteiger partial charge in [0.15, 0.2) is 0 Å². The fourth-order valence-corrected chi connectivity index (χ4v) is 3.48. The number of aliphatic hydroxyl groups is 1. The Morgan fingerprint density at radius 2 is 2.22 bits per heavy atom. The molecule has 1 aromatic carbocycles. The van der Waals surface area contributed by atoms with Gasteiger partial charge in [-0.25, -0.2) is 4.39 Å². The van der Waals surface area contributed by atoms with E-state index in [4.69, 9.17) is 11.6 Å². The molecule has 2 aromatic rings. The summed E-state index contributed by atoms with van der Waals surface area (Å²) in [7, 11) is 0. The van der Waals surface area contributed by atoms with Gasteiger partial charge in [0.1, 0.15) is 5.82 Å². The predicted octanol–water partition coefficient (Wildman–Crippen LogP) is 4.89. The average molecular weight is 350 g/mol. The van der Waals surface area contributed by atoms with Crippen LogP contribution in [-0.2, 0) is 6.42 Å². The highest BCUT2D eigenvalue weighted by atomic mass is 79.9. The number of rotatable bonds is 3. The second-order valence-electron chi connectivity index (χ2n) is 4.05. The molecule has 0 saturated heterocycles. The van der Waals surface area contributed by atoms with E-state index < -0.39 is 6.10 Å². The van der Waals surface area contributed by atoms with E-state index >= 15 is 0 Å². The molecule has 1 atom stereocenters. The summed E-state index contributed by atoms with van der Waals surface area (Å²) in [5, 5.41) is 12.7. The van der Waals surface area contributed by atoms with Crippen LogP contribution in [0.1, 0.15) is 22.1 Å². The summed E-state index contributed by atoms with van der Waals surface area (Å²) in [5.74, 6) is -0.301. The number of hydrogen-bond donors (Lipinski definition) is 1. The monoisotopic (exact) mass is 348 g/mol. The summed E-state index contributed by atoms with van der Waals surface area (Å²) in [6.45, 7) is 1.91. The predicted molar refractivity (Wildman–Crippen MR) is 76.8 cm³/mol. The maximum atomic E-state index is 13.0. The number of thiophene rings is 1. The van der Waals surface area contributed by atoms with Crippen LogP contribution < -0.4 is 0 Å². The Kier molecular flexibility index (Phi) is 4.43. The zero-order valence-corrected chi connectivity index (χ0v) is 12.7. The quantitative estimate of drug-likeness (QED) is 0.836. The van der Waals surface area contributed by atoms with Crippen molar-refractivity contribution in [2.75, 3.05) is 0 Å². The molecule has 0 aliphatic carbocycles. The minimum atomic E-state index is -0.669. The molecule has 5 heteroatoms. The maximum Gasteiger partial charge on any atom is 0.124 e. The van der Waals surface area contributed by atoms with Gasteiger partial charge in [0, 0.05) is 10.9 Å². The molecule has 0 radical (unpaired) electrons. The number of aryl methyl sites for hydroxylation is 1. The Bertz CT molecular complexity index is 570. The number of aliphatic hydroxyl groups excluding tert-OH is 1. The Morgan fingerprint density at radius 3 is 2.78 bits per heavy atom. The van der Waals surface area contributed by atoms with Crippen molar-refractivity contribution in [2.45, 2.75) is 19.4 Å². The standard InChI is InChI=1S/C13H11BrClFOS/c1-7-6-18-13(12(7)15)11(17)4-8-2-3-9(16)5-10(8)14/h2-3,5-6,11,17H,4H2,1H3. The van der Waals surface area contributed by atoms with E-state index in [1.54, 1.807) is 6.07 Å². The minimum absolute atomic E-state index is 0.301. The Balaban J connectivity index is 2.21. The van der Waals surface area contributed by atoms with E-state index in [9.17, 15) is 9.50 Å². The SMILES string of the molecule is Cc1csc(C(O)Cc2ccc(F)cc2Br)c1Cl. The summed E-state index contributed by atoms with van der Waals surface area (Å²) < 4.78 is 13.6. The molecule has 0 spiro atoms. The second-order valence-corrected chi connectivity index (χ2v) is 6.20. The first kappa shape index (κ1) is 14.0. The molecule has 2 rings (SSSR count). The van der Waals surface area contributed by atoms with Crippen molar-refractivity contribution in [1.29, 1.82) is 0 Å². The van der Waals surface area contributed by atoms with Crippen LogP contribution >= 0.6 is 38.9 Å². The lowest BCUT2D eigenvalue weighted by atomic mass is 10.1. The Hall–Kier alpha value is -0.420. The Morgan fingerprint density at radius 1 is 1.50 bits per heavy atom. The summed E-state index contributed by atoms with van der Waals surface area (Å²) >= 11 is 10.8. The molecule has 1 heterocycles. The molecule has 0 aliphatic heterocycles. The van der Waals surface area contributed by atoms with Gasteiger partial charge in [-0.2, -0.15) is 0 Å². The molecule has 1 N–H and O–H groups in total. The van der Waals surface area contributed by atoms with Crippen molar-refractivity contribution in [3.8, 4) is 0 Å². The zero-order valence-electron chi connectivity index (χ0n) is 9.58. The summed E-state index contributed by atoms with van der Waals surface area (Å²) in [6.07, 6.45) is -0.265. The van der Waals surface area contributed by atoms with Gasteiger partial charge < -0.3 is 5.11 Å². The molecule has 1 nitrogen and oxygen atoms in total. The van der Waals surface area contributed by atoms with E-state index in [0.29, 0.717) is 15.9 Å². The van der Waals surface area contributed by atoms with Crippen LogP contribution in [0.3, 0.4) is 0 Å². The van der Waals surface area contributed by atoms with E-state index in [1.807, 2.05) is 12.3 Å². The Labute approximate surface area is 122 Å². The van der Waals surface area contributed by atoms with Crippen LogP contribution in [0, 0.1) is 12.7 Å². The van der Waals surface area contributed by atoms with E-state index in [-0.39, 0.29) is 5.82 Å². The van der Waals surface area contributed by atoms with E-state index in [1.165, 1.54) is 23.5 Å². The van der Waals surface area contributed by atoms with Crippen LogP contribution in [0.2, 0.25) is 5.02 Å². The lowest BCUT2D eigenvalue weighted by molar-refractivity contribution is 0.182. The highest BCUT2D eigenvalue weighted by Crippen LogP contribution is 2.34. The molecular formula is C13H11BrClFOS. The summed E-state index contributed by atoms with van der Waals surface area (Å²) in [5.41, 5.74) is 1.82. The molecule has 1 unspecified atom stereocenters. The molecule has 1 aromatic heterocycles. The first-order valence-corrected chi connectivity index (χ1v) is 7.39. The topological polar surface area (TPSA) is 20.2 Å². The molecule has 0 bridgehead atoms. The average Bonchev–Trinajstić information content (AvgIpc) is 2.64. The lowest BCUT2D eigenvalue weighted by Crippen LogP contribution is -2.01. The molecule has 18 heavy (non-hydrogen) atoms. The van der Waals surface area contributed by atoms with Gasteiger partial charge in [-0.3, -0.25) is 0 Å². The third-order valence-electron chi connectivity index (χ3n) is 2.66. The van der Waals surface area contributed by atoms with Crippen LogP contribution in [0.5, 0.6) is 0 Å². The van der Waals surface area contributed by atoms with E-state index in [2.05, 4.69) is 15.9 Å². The van der Waals surface area contributed by atoms with Crippen LogP contribution in [0.15, 0.2) is 28.1 Å². The van der Waals surface area contributed by atoms with Gasteiger partial charge in [-0.15, -0.1) is 11.3 Å². The fourth-order valence-electron chi connectivity index (χ4n) is 1.66. The summed E-state index contributed by atoms with van der Waals surface area (Å²) in [4.78, 5) is 0.755. The molecular weight excluding hydrogens is 339 g/mol. The molecule has 0 aliphatic rings. The van der Waals surface area contributed by atoms with Crippen LogP contribution in [0.25, 0.3) is 0 Å². The van der Waals surface area contributed by atoms with Crippen molar-refractivity contribution >= 4 is 38.9 Å². The molecule has 0 amide bonds. The van der Waals surface area contributed by atoms with Gasteiger partial charge >= 0.3 is 0 Å². The number of benzene rings is 1. The normalized spacial score (nSPS) is 12.7. The highest BCUT2D eigenvalue weighted by Gasteiger charge is 2.17. The third-order valence-corrected chi connectivity index (χ3v) is 5.21. The second kappa shape index (κ2) is 5.70. The first-order chi connectivity index (χ1) is 8.49. The largest absolute Gasteiger partial charge is 0.387 e. The maximum absolute atomic E-state index is 13.0. The lowest BCUT2D eigenvalue weighted by Gasteiger charge is -2.11. The third kappa shape index (κ3) is 2.94. The van der Waals surface area contributed by atoms with Crippen molar-refractivity contribution in [3.63, 3.8) is 0 Å². The molecule has 0 fully saturated rings. The van der Waals surface area contributed by atoms with Crippen LogP contribution in [-0.4, -0.2) is 5.11 Å². The molecule has 96 valence electrons. The fraction of sp³-hybridized carbons (Fsp3) is 0.231. The van der Waals surface area contributed by atoms with Crippen LogP contribution in [0.4, 0.5) is 4.39 Å². The van der Waals surface area contributed by atoms with Gasteiger partial charge in [-0.1, -0.05) is 33.6 Å². The smallest absolute Gasteiger partial charge is 0.124 e. The summed E-state index contributed by atoms with van der Waals surface area (Å²) in [6, 6.07) is 4.44. The highest BCUT2D eigenvalue weighted by molar-refractivity contribution is 9.10. The van der Waals surface area contributed by atoms with Crippen molar-refractivity contribution in [3.05, 3.63) is 54.9 Å². The minimum Gasteiger partial charge on any atom is -0.387 e. The van der Waals surface area contributed by atoms with Gasteiger partial charge in [-0.05, 0) is 35.6 Å². The van der Waals surface area contributed by atoms with E-state index in [0.717, 1.165) is 16.0 Å². The van der Waals surface area contributed by atoms with Crippen molar-refractivity contribution in [2.24, 2.45) is 0 Å². The van der Waals surface area contributed by atoms with Crippen molar-refractivity contribution < 1.29 is 9.50 Å². The van der Waals surface area contributed by atoms with Gasteiger partial charge in [0.25, 0.3) is 0 Å².